The van der Waals surface area contributed by atoms with Gasteiger partial charge in [-0.25, -0.2) is 4.98 Å². The number of carbonyl (C=O) groups excluding carboxylic acids is 1. The van der Waals surface area contributed by atoms with Crippen LogP contribution in [-0.2, 0) is 4.79 Å². The van der Waals surface area contributed by atoms with E-state index < -0.39 is 0 Å². The quantitative estimate of drug-likeness (QED) is 0.832. The van der Waals surface area contributed by atoms with Crippen LogP contribution in [-0.4, -0.2) is 43.1 Å². The average molecular weight is 376 g/mol. The molecule has 132 valence electrons. The largest absolute Gasteiger partial charge is 0.484 e. The Kier molecular flexibility index (Phi) is 6.09. The number of carbonyl (C=O) groups is 1. The summed E-state index contributed by atoms with van der Waals surface area (Å²) in [6, 6.07) is 11.6. The minimum atomic E-state index is -0.206. The highest BCUT2D eigenvalue weighted by Crippen LogP contribution is 2.45. The molecular formula is C18H21N3O2S2. The van der Waals surface area contributed by atoms with Gasteiger partial charge in [0.15, 0.2) is 12.4 Å². The number of benzene rings is 1. The van der Waals surface area contributed by atoms with E-state index in [2.05, 4.69) is 22.4 Å². The molecule has 0 aliphatic carbocycles. The lowest BCUT2D eigenvalue weighted by Gasteiger charge is -2.16. The van der Waals surface area contributed by atoms with Gasteiger partial charge in [0.1, 0.15) is 5.75 Å². The molecule has 1 aromatic heterocycles. The fourth-order valence-electron chi connectivity index (χ4n) is 2.46. The summed E-state index contributed by atoms with van der Waals surface area (Å²) in [5.74, 6) is 3.62. The molecule has 1 N–H and O–H groups in total. The van der Waals surface area contributed by atoms with E-state index in [0.717, 1.165) is 0 Å². The predicted octanol–water partition coefficient (Wildman–Crippen LogP) is 3.64. The van der Waals surface area contributed by atoms with Gasteiger partial charge in [-0.05, 0) is 29.8 Å². The summed E-state index contributed by atoms with van der Waals surface area (Å²) in [5, 5.41) is 2.84. The fourth-order valence-corrected chi connectivity index (χ4v) is 5.32. The van der Waals surface area contributed by atoms with Crippen LogP contribution in [0.3, 0.4) is 0 Å². The topological polar surface area (TPSA) is 54.5 Å². The van der Waals surface area contributed by atoms with E-state index in [4.69, 9.17) is 4.74 Å². The molecular weight excluding hydrogens is 354 g/mol. The second-order valence-corrected chi connectivity index (χ2v) is 8.47. The summed E-state index contributed by atoms with van der Waals surface area (Å²) in [6.07, 6.45) is 1.70. The van der Waals surface area contributed by atoms with E-state index in [1.807, 2.05) is 60.7 Å². The maximum Gasteiger partial charge on any atom is 0.262 e. The number of thioether (sulfide) groups is 2. The number of nitrogens with one attached hydrogen (secondary N) is 1. The first-order valence-corrected chi connectivity index (χ1v) is 10.1. The minimum Gasteiger partial charge on any atom is -0.484 e. The second kappa shape index (κ2) is 8.49. The van der Waals surface area contributed by atoms with Crippen LogP contribution in [0.4, 0.5) is 11.5 Å². The Bertz CT molecular complexity index is 717. The predicted molar refractivity (Wildman–Crippen MR) is 107 cm³/mol. The van der Waals surface area contributed by atoms with E-state index in [1.54, 1.807) is 12.3 Å². The molecule has 5 nitrogen and oxygen atoms in total. The van der Waals surface area contributed by atoms with Gasteiger partial charge in [0.05, 0.1) is 10.3 Å². The highest BCUT2D eigenvalue weighted by atomic mass is 32.2. The molecule has 1 aromatic carbocycles. The van der Waals surface area contributed by atoms with Crippen molar-refractivity contribution in [1.29, 1.82) is 0 Å². The Hall–Kier alpha value is -1.86. The molecule has 0 unspecified atom stereocenters. The lowest BCUT2D eigenvalue weighted by Crippen LogP contribution is -2.22. The standard InChI is InChI=1S/C18H21N3O2S2/c1-21(2)17-15(4-3-9-19-17)20-16(22)12-23-14-7-5-13(6-8-14)18-24-10-11-25-18/h3-9,18H,10-12H2,1-2H3,(H,20,22). The number of pyridine rings is 1. The van der Waals surface area contributed by atoms with Gasteiger partial charge in [-0.2, -0.15) is 0 Å². The average Bonchev–Trinajstić information content (AvgIpc) is 3.15. The van der Waals surface area contributed by atoms with E-state index >= 15 is 0 Å². The second-order valence-electron chi connectivity index (χ2n) is 5.75. The van der Waals surface area contributed by atoms with Crippen LogP contribution in [0, 0.1) is 0 Å². The van der Waals surface area contributed by atoms with Gasteiger partial charge in [0.2, 0.25) is 0 Å². The Balaban J connectivity index is 1.54. The van der Waals surface area contributed by atoms with Gasteiger partial charge >= 0.3 is 0 Å². The number of hydrogen-bond acceptors (Lipinski definition) is 6. The molecule has 0 saturated carbocycles. The molecule has 25 heavy (non-hydrogen) atoms. The van der Waals surface area contributed by atoms with Gasteiger partial charge in [-0.3, -0.25) is 4.79 Å². The zero-order chi connectivity index (χ0) is 17.6. The Morgan fingerprint density at radius 1 is 1.24 bits per heavy atom. The maximum atomic E-state index is 12.1. The molecule has 0 spiro atoms. The third kappa shape index (κ3) is 4.83. The van der Waals surface area contributed by atoms with Crippen LogP contribution in [0.1, 0.15) is 10.1 Å². The molecule has 2 aromatic rings. The SMILES string of the molecule is CN(C)c1ncccc1NC(=O)COc1ccc(C2SCCS2)cc1. The molecule has 7 heteroatoms. The van der Waals surface area contributed by atoms with Gasteiger partial charge in [-0.1, -0.05) is 12.1 Å². The van der Waals surface area contributed by atoms with Crippen LogP contribution >= 0.6 is 23.5 Å². The maximum absolute atomic E-state index is 12.1. The number of amides is 1. The zero-order valence-electron chi connectivity index (χ0n) is 14.3. The van der Waals surface area contributed by atoms with Crippen LogP contribution in [0.2, 0.25) is 0 Å². The van der Waals surface area contributed by atoms with Crippen LogP contribution < -0.4 is 15.0 Å². The van der Waals surface area contributed by atoms with Gasteiger partial charge in [-0.15, -0.1) is 23.5 Å². The Morgan fingerprint density at radius 2 is 1.96 bits per heavy atom. The highest BCUT2D eigenvalue weighted by molar-refractivity contribution is 8.19. The van der Waals surface area contributed by atoms with Gasteiger partial charge < -0.3 is 15.0 Å². The number of aromatic nitrogens is 1. The van der Waals surface area contributed by atoms with Crippen molar-refractivity contribution in [2.75, 3.05) is 42.4 Å². The lowest BCUT2D eigenvalue weighted by atomic mass is 10.2. The van der Waals surface area contributed by atoms with E-state index in [1.165, 1.54) is 17.1 Å². The fraction of sp³-hybridized carbons (Fsp3) is 0.333. The summed E-state index contributed by atoms with van der Waals surface area (Å²) in [6.45, 7) is -0.0337. The number of anilines is 2. The van der Waals surface area contributed by atoms with Crippen molar-refractivity contribution >= 4 is 40.9 Å². The minimum absolute atomic E-state index is 0.0337. The van der Waals surface area contributed by atoms with E-state index in [0.29, 0.717) is 21.8 Å². The van der Waals surface area contributed by atoms with Crippen molar-refractivity contribution in [2.24, 2.45) is 0 Å². The third-order valence-corrected chi connectivity index (χ3v) is 6.73. The summed E-state index contributed by atoms with van der Waals surface area (Å²) >= 11 is 3.95. The van der Waals surface area contributed by atoms with Crippen molar-refractivity contribution < 1.29 is 9.53 Å². The Labute approximate surface area is 156 Å². The summed E-state index contributed by atoms with van der Waals surface area (Å²) in [4.78, 5) is 18.3. The highest BCUT2D eigenvalue weighted by Gasteiger charge is 2.18. The molecule has 2 heterocycles. The van der Waals surface area contributed by atoms with Crippen LogP contribution in [0.25, 0.3) is 0 Å². The molecule has 1 aliphatic rings. The first-order valence-electron chi connectivity index (χ1n) is 8.01. The molecule has 1 aliphatic heterocycles. The first-order chi connectivity index (χ1) is 12.1. The Morgan fingerprint density at radius 3 is 2.64 bits per heavy atom. The number of hydrogen-bond donors (Lipinski definition) is 1. The smallest absolute Gasteiger partial charge is 0.262 e. The molecule has 1 amide bonds. The van der Waals surface area contributed by atoms with E-state index in [9.17, 15) is 4.79 Å². The number of nitrogens with zero attached hydrogens (tertiary/aromatic N) is 2. The molecule has 0 bridgehead atoms. The van der Waals surface area contributed by atoms with Crippen molar-refractivity contribution in [2.45, 2.75) is 4.58 Å². The lowest BCUT2D eigenvalue weighted by molar-refractivity contribution is -0.118. The monoisotopic (exact) mass is 375 g/mol. The van der Waals surface area contributed by atoms with Crippen molar-refractivity contribution in [1.82, 2.24) is 4.98 Å². The summed E-state index contributed by atoms with van der Waals surface area (Å²) < 4.78 is 6.12. The number of rotatable bonds is 6. The van der Waals surface area contributed by atoms with Crippen molar-refractivity contribution in [3.8, 4) is 5.75 Å². The summed E-state index contributed by atoms with van der Waals surface area (Å²) in [7, 11) is 3.77. The van der Waals surface area contributed by atoms with Crippen LogP contribution in [0.5, 0.6) is 5.75 Å². The zero-order valence-corrected chi connectivity index (χ0v) is 15.9. The summed E-state index contributed by atoms with van der Waals surface area (Å²) in [5.41, 5.74) is 1.97. The number of ether oxygens (including phenoxy) is 1. The van der Waals surface area contributed by atoms with E-state index in [-0.39, 0.29) is 12.5 Å². The molecule has 0 radical (unpaired) electrons. The molecule has 1 saturated heterocycles. The third-order valence-electron chi connectivity index (χ3n) is 3.63. The van der Waals surface area contributed by atoms with Gasteiger partial charge in [0.25, 0.3) is 5.91 Å². The van der Waals surface area contributed by atoms with Crippen molar-refractivity contribution in [3.05, 3.63) is 48.2 Å². The van der Waals surface area contributed by atoms with Gasteiger partial charge in [0, 0.05) is 31.8 Å². The first kappa shape index (κ1) is 17.9. The molecule has 1 fully saturated rings. The van der Waals surface area contributed by atoms with Crippen molar-refractivity contribution in [3.63, 3.8) is 0 Å². The molecule has 0 atom stereocenters. The normalized spacial score (nSPS) is 14.3. The molecule has 3 rings (SSSR count). The van der Waals surface area contributed by atoms with Crippen LogP contribution in [0.15, 0.2) is 42.6 Å².